The molecule has 6 atom stereocenters. The van der Waals surface area contributed by atoms with Crippen molar-refractivity contribution in [2.45, 2.75) is 63.5 Å². The summed E-state index contributed by atoms with van der Waals surface area (Å²) in [7, 11) is 0. The van der Waals surface area contributed by atoms with Crippen molar-refractivity contribution in [2.24, 2.45) is 5.92 Å². The van der Waals surface area contributed by atoms with E-state index < -0.39 is 53.6 Å². The van der Waals surface area contributed by atoms with Crippen LogP contribution in [-0.4, -0.2) is 56.2 Å². The molecule has 0 radical (unpaired) electrons. The van der Waals surface area contributed by atoms with Gasteiger partial charge in [-0.3, -0.25) is 19.1 Å². The number of hydrogen-bond donors (Lipinski definition) is 4. The minimum atomic E-state index is -3.43. The predicted molar refractivity (Wildman–Crippen MR) is 144 cm³/mol. The van der Waals surface area contributed by atoms with E-state index in [1.807, 2.05) is 0 Å². The van der Waals surface area contributed by atoms with Crippen LogP contribution in [-0.2, 0) is 25.9 Å². The summed E-state index contributed by atoms with van der Waals surface area (Å²) in [5.41, 5.74) is -3.52. The van der Waals surface area contributed by atoms with E-state index in [1.54, 1.807) is 51.1 Å². The zero-order chi connectivity index (χ0) is 28.1. The Hall–Kier alpha value is -2.78. The summed E-state index contributed by atoms with van der Waals surface area (Å²) in [5.74, 6) is 1.31. The Morgan fingerprint density at radius 3 is 2.61 bits per heavy atom. The summed E-state index contributed by atoms with van der Waals surface area (Å²) in [4.78, 5) is 38.6. The predicted octanol–water partition coefficient (Wildman–Crippen LogP) is 1.46. The number of aromatic nitrogens is 2. The van der Waals surface area contributed by atoms with E-state index in [9.17, 15) is 24.6 Å². The molecular formula is C25H32N3O8PS. The van der Waals surface area contributed by atoms with Gasteiger partial charge in [0.2, 0.25) is 0 Å². The summed E-state index contributed by atoms with van der Waals surface area (Å²) < 4.78 is 18.5. The molecule has 38 heavy (non-hydrogen) atoms. The van der Waals surface area contributed by atoms with Crippen molar-refractivity contribution >= 4 is 24.4 Å². The third-order valence-electron chi connectivity index (χ3n) is 6.14. The number of rotatable bonds is 11. The standard InChI is InChI=1S/C25H32N3O8PS/c1-5-19(23(31)35-16(3)4)27-37(38,36-18-10-8-7-9-11-18)34-15-17-14-20(25(33,6-2)22(17)30)28-13-12-21(29)26-24(28)32/h2,7-13,16-17,19-20,22,30,33H,5,14-15H2,1,3-4H3,(H,27,38)(H,26,29,32)/t17-,19+,20-,22-,25+,37?/m1/s1. The molecular weight excluding hydrogens is 533 g/mol. The van der Waals surface area contributed by atoms with E-state index >= 15 is 0 Å². The van der Waals surface area contributed by atoms with Gasteiger partial charge in [0.1, 0.15) is 17.9 Å². The number of para-hydroxylation sites is 1. The van der Waals surface area contributed by atoms with Crippen LogP contribution in [0.2, 0.25) is 0 Å². The quantitative estimate of drug-likeness (QED) is 0.179. The van der Waals surface area contributed by atoms with Gasteiger partial charge in [0.15, 0.2) is 5.60 Å². The molecule has 1 fully saturated rings. The molecule has 0 spiro atoms. The molecule has 2 aromatic rings. The molecule has 11 nitrogen and oxygen atoms in total. The third-order valence-corrected chi connectivity index (χ3v) is 8.56. The highest BCUT2D eigenvalue weighted by atomic mass is 32.5. The largest absolute Gasteiger partial charge is 0.462 e. The first-order chi connectivity index (χ1) is 17.9. The van der Waals surface area contributed by atoms with Crippen LogP contribution in [0.5, 0.6) is 5.75 Å². The monoisotopic (exact) mass is 565 g/mol. The SMILES string of the molecule is C#C[C@@]1(O)[C@H](O)[C@@H](COP(=S)(N[C@@H](CC)C(=O)OC(C)C)Oc2ccccc2)C[C@H]1n1ccc(=O)[nH]c1=O. The van der Waals surface area contributed by atoms with Gasteiger partial charge in [0.05, 0.1) is 18.8 Å². The number of aliphatic hydroxyl groups excluding tert-OH is 1. The van der Waals surface area contributed by atoms with Gasteiger partial charge in [0, 0.05) is 18.2 Å². The van der Waals surface area contributed by atoms with Gasteiger partial charge in [-0.2, -0.15) is 0 Å². The summed E-state index contributed by atoms with van der Waals surface area (Å²) in [6, 6.07) is 7.90. The Kier molecular flexibility index (Phi) is 9.70. The Bertz CT molecular complexity index is 1320. The second-order valence-corrected chi connectivity index (χ2v) is 12.4. The molecule has 4 N–H and O–H groups in total. The minimum Gasteiger partial charge on any atom is -0.462 e. The number of carbonyl (C=O) groups excluding carboxylic acids is 1. The van der Waals surface area contributed by atoms with Crippen LogP contribution in [0.4, 0.5) is 0 Å². The van der Waals surface area contributed by atoms with Crippen LogP contribution in [0.15, 0.2) is 52.2 Å². The molecule has 0 saturated heterocycles. The Morgan fingerprint density at radius 2 is 2.03 bits per heavy atom. The number of terminal acetylenes is 1. The Balaban J connectivity index is 1.86. The second kappa shape index (κ2) is 12.4. The average Bonchev–Trinajstić information content (AvgIpc) is 3.12. The zero-order valence-corrected chi connectivity index (χ0v) is 23.0. The van der Waals surface area contributed by atoms with Crippen LogP contribution in [0, 0.1) is 18.3 Å². The second-order valence-electron chi connectivity index (χ2n) is 9.22. The fraction of sp³-hybridized carbons (Fsp3) is 0.480. The van der Waals surface area contributed by atoms with E-state index in [-0.39, 0.29) is 19.1 Å². The molecule has 13 heteroatoms. The molecule has 1 saturated carbocycles. The molecule has 3 rings (SSSR count). The summed E-state index contributed by atoms with van der Waals surface area (Å²) in [5, 5.41) is 25.1. The number of hydrogen-bond acceptors (Lipinski definition) is 9. The Morgan fingerprint density at radius 1 is 1.34 bits per heavy atom. The number of H-pyrrole nitrogens is 1. The van der Waals surface area contributed by atoms with Crippen LogP contribution >= 0.6 is 6.64 Å². The topological polar surface area (TPSA) is 152 Å². The van der Waals surface area contributed by atoms with E-state index in [1.165, 1.54) is 6.20 Å². The normalized spacial score (nSPS) is 25.3. The molecule has 1 aliphatic rings. The number of aromatic amines is 1. The highest BCUT2D eigenvalue weighted by molar-refractivity contribution is 8.09. The van der Waals surface area contributed by atoms with Crippen molar-refractivity contribution in [3.8, 4) is 18.1 Å². The van der Waals surface area contributed by atoms with Crippen LogP contribution in [0.3, 0.4) is 0 Å². The van der Waals surface area contributed by atoms with Crippen LogP contribution in [0.25, 0.3) is 0 Å². The number of nitrogens with one attached hydrogen (secondary N) is 2. The lowest BCUT2D eigenvalue weighted by molar-refractivity contribution is -0.149. The van der Waals surface area contributed by atoms with Gasteiger partial charge in [-0.1, -0.05) is 31.0 Å². The van der Waals surface area contributed by atoms with Gasteiger partial charge in [0.25, 0.3) is 5.56 Å². The fourth-order valence-electron chi connectivity index (χ4n) is 4.21. The molecule has 1 aromatic carbocycles. The highest BCUT2D eigenvalue weighted by Gasteiger charge is 2.54. The smallest absolute Gasteiger partial charge is 0.328 e. The average molecular weight is 566 g/mol. The minimum absolute atomic E-state index is 0.0289. The molecule has 0 amide bonds. The zero-order valence-electron chi connectivity index (χ0n) is 21.3. The van der Waals surface area contributed by atoms with Gasteiger partial charge in [-0.05, 0) is 50.6 Å². The molecule has 1 heterocycles. The van der Waals surface area contributed by atoms with E-state index in [0.29, 0.717) is 12.2 Å². The maximum absolute atomic E-state index is 12.6. The molecule has 1 aliphatic carbocycles. The first kappa shape index (κ1) is 29.8. The van der Waals surface area contributed by atoms with E-state index in [0.717, 1.165) is 10.6 Å². The molecule has 206 valence electrons. The number of esters is 1. The van der Waals surface area contributed by atoms with Crippen molar-refractivity contribution < 1.29 is 28.8 Å². The molecule has 0 aliphatic heterocycles. The van der Waals surface area contributed by atoms with Crippen LogP contribution < -0.4 is 20.9 Å². The number of benzene rings is 1. The molecule has 1 aromatic heterocycles. The number of nitrogens with zero attached hydrogens (tertiary/aromatic N) is 1. The van der Waals surface area contributed by atoms with E-state index in [4.69, 9.17) is 32.0 Å². The van der Waals surface area contributed by atoms with Crippen molar-refractivity contribution in [2.75, 3.05) is 6.61 Å². The first-order valence-corrected chi connectivity index (χ1v) is 14.7. The van der Waals surface area contributed by atoms with Crippen molar-refractivity contribution in [3.05, 3.63) is 63.4 Å². The number of ether oxygens (including phenoxy) is 1. The number of aliphatic hydroxyl groups is 2. The molecule has 1 unspecified atom stereocenters. The highest BCUT2D eigenvalue weighted by Crippen LogP contribution is 2.49. The maximum atomic E-state index is 12.6. The van der Waals surface area contributed by atoms with Gasteiger partial charge in [-0.15, -0.1) is 6.42 Å². The van der Waals surface area contributed by atoms with Crippen molar-refractivity contribution in [1.29, 1.82) is 0 Å². The van der Waals surface area contributed by atoms with Gasteiger partial charge in [-0.25, -0.2) is 9.88 Å². The summed E-state index contributed by atoms with van der Waals surface area (Å²) in [6.07, 6.45) is 5.32. The van der Waals surface area contributed by atoms with Crippen LogP contribution in [0.1, 0.15) is 39.7 Å². The van der Waals surface area contributed by atoms with Crippen molar-refractivity contribution in [1.82, 2.24) is 14.6 Å². The van der Waals surface area contributed by atoms with Gasteiger partial charge >= 0.3 is 18.3 Å². The fourth-order valence-corrected chi connectivity index (χ4v) is 6.67. The van der Waals surface area contributed by atoms with Crippen molar-refractivity contribution in [3.63, 3.8) is 0 Å². The third kappa shape index (κ3) is 6.80. The number of carbonyl (C=O) groups is 1. The lowest BCUT2D eigenvalue weighted by atomic mass is 9.95. The first-order valence-electron chi connectivity index (χ1n) is 12.1. The maximum Gasteiger partial charge on any atom is 0.328 e. The lowest BCUT2D eigenvalue weighted by Crippen LogP contribution is -2.47. The lowest BCUT2D eigenvalue weighted by Gasteiger charge is -2.30. The Labute approximate surface area is 225 Å². The van der Waals surface area contributed by atoms with Gasteiger partial charge < -0.3 is 24.0 Å². The summed E-state index contributed by atoms with van der Waals surface area (Å²) >= 11 is 5.74. The summed E-state index contributed by atoms with van der Waals surface area (Å²) in [6.45, 7) is 1.60. The van der Waals surface area contributed by atoms with E-state index in [2.05, 4.69) is 16.0 Å². The molecule has 0 bridgehead atoms.